The lowest BCUT2D eigenvalue weighted by Crippen LogP contribution is -2.64. The third-order valence-electron chi connectivity index (χ3n) is 5.21. The summed E-state index contributed by atoms with van der Waals surface area (Å²) in [7, 11) is 3.49. The molecular formula is C19H27ClN2O3. The maximum absolute atomic E-state index is 11.5. The fourth-order valence-corrected chi connectivity index (χ4v) is 3.99. The molecule has 2 saturated heterocycles. The molecular weight excluding hydrogens is 340 g/mol. The topological polar surface area (TPSA) is 42.0 Å². The van der Waals surface area contributed by atoms with Gasteiger partial charge >= 0.3 is 0 Å². The number of rotatable bonds is 7. The Labute approximate surface area is 154 Å². The van der Waals surface area contributed by atoms with Gasteiger partial charge in [0.1, 0.15) is 6.61 Å². The summed E-state index contributed by atoms with van der Waals surface area (Å²) in [5.41, 5.74) is 1.22. The van der Waals surface area contributed by atoms with Crippen molar-refractivity contribution in [2.24, 2.45) is 5.92 Å². The molecule has 138 valence electrons. The van der Waals surface area contributed by atoms with Crippen molar-refractivity contribution < 1.29 is 14.3 Å². The average molecular weight is 367 g/mol. The van der Waals surface area contributed by atoms with Crippen LogP contribution in [-0.4, -0.2) is 68.3 Å². The number of likely N-dealkylation sites (tertiary alicyclic amines) is 1. The highest BCUT2D eigenvalue weighted by Crippen LogP contribution is 2.42. The van der Waals surface area contributed by atoms with Crippen LogP contribution in [-0.2, 0) is 20.8 Å². The van der Waals surface area contributed by atoms with Crippen molar-refractivity contribution in [1.29, 1.82) is 0 Å². The van der Waals surface area contributed by atoms with Crippen molar-refractivity contribution in [1.82, 2.24) is 9.80 Å². The van der Waals surface area contributed by atoms with E-state index in [1.54, 1.807) is 19.0 Å². The van der Waals surface area contributed by atoms with Crippen molar-refractivity contribution in [2.45, 2.75) is 25.0 Å². The van der Waals surface area contributed by atoms with Crippen molar-refractivity contribution >= 4 is 17.5 Å². The summed E-state index contributed by atoms with van der Waals surface area (Å²) in [6.07, 6.45) is 2.03. The Kier molecular flexibility index (Phi) is 6.00. The lowest BCUT2D eigenvalue weighted by atomic mass is 9.79. The summed E-state index contributed by atoms with van der Waals surface area (Å²) in [5, 5.41) is 0.784. The van der Waals surface area contributed by atoms with Crippen molar-refractivity contribution in [2.75, 3.05) is 47.0 Å². The summed E-state index contributed by atoms with van der Waals surface area (Å²) in [4.78, 5) is 15.5. The maximum Gasteiger partial charge on any atom is 0.248 e. The minimum atomic E-state index is -0.0203. The van der Waals surface area contributed by atoms with Crippen LogP contribution in [0.1, 0.15) is 18.4 Å². The van der Waals surface area contributed by atoms with E-state index in [0.717, 1.165) is 44.1 Å². The van der Waals surface area contributed by atoms with E-state index in [2.05, 4.69) is 11.0 Å². The SMILES string of the molecule is CN(C)C(=O)COCCC1CCOC12CN(Cc1cccc(Cl)c1)C2. The van der Waals surface area contributed by atoms with Crippen molar-refractivity contribution in [3.8, 4) is 0 Å². The predicted molar refractivity (Wildman–Crippen MR) is 97.6 cm³/mol. The van der Waals surface area contributed by atoms with Crippen LogP contribution < -0.4 is 0 Å². The number of ether oxygens (including phenoxy) is 2. The highest BCUT2D eigenvalue weighted by atomic mass is 35.5. The lowest BCUT2D eigenvalue weighted by Gasteiger charge is -2.50. The molecule has 25 heavy (non-hydrogen) atoms. The van der Waals surface area contributed by atoms with Crippen LogP contribution >= 0.6 is 11.6 Å². The van der Waals surface area contributed by atoms with Gasteiger partial charge in [0.05, 0.1) is 5.60 Å². The molecule has 1 unspecified atom stereocenters. The Bertz CT molecular complexity index is 602. The summed E-state index contributed by atoms with van der Waals surface area (Å²) in [6.45, 7) is 4.43. The van der Waals surface area contributed by atoms with Crippen molar-refractivity contribution in [3.05, 3.63) is 34.9 Å². The quantitative estimate of drug-likeness (QED) is 0.695. The zero-order valence-corrected chi connectivity index (χ0v) is 15.8. The molecule has 0 radical (unpaired) electrons. The van der Waals surface area contributed by atoms with Gasteiger partial charge in [-0.1, -0.05) is 23.7 Å². The number of carbonyl (C=O) groups excluding carboxylic acids is 1. The summed E-state index contributed by atoms with van der Waals surface area (Å²) in [6, 6.07) is 8.03. The van der Waals surface area contributed by atoms with Gasteiger partial charge in [0.15, 0.2) is 0 Å². The third kappa shape index (κ3) is 4.53. The number of hydrogen-bond donors (Lipinski definition) is 0. The largest absolute Gasteiger partial charge is 0.372 e. The molecule has 1 spiro atoms. The molecule has 3 rings (SSSR count). The number of hydrogen-bond acceptors (Lipinski definition) is 4. The Morgan fingerprint density at radius 1 is 1.44 bits per heavy atom. The minimum Gasteiger partial charge on any atom is -0.372 e. The number of nitrogens with zero attached hydrogens (tertiary/aromatic N) is 2. The van der Waals surface area contributed by atoms with Gasteiger partial charge in [-0.25, -0.2) is 0 Å². The van der Waals surface area contributed by atoms with Gasteiger partial charge in [-0.15, -0.1) is 0 Å². The molecule has 0 aromatic heterocycles. The second-order valence-corrected chi connectivity index (χ2v) is 7.74. The van der Waals surface area contributed by atoms with Crippen LogP contribution in [0.25, 0.3) is 0 Å². The van der Waals surface area contributed by atoms with Gasteiger partial charge in [-0.05, 0) is 36.5 Å². The minimum absolute atomic E-state index is 0.00808. The Hall–Kier alpha value is -1.14. The van der Waals surface area contributed by atoms with Gasteiger partial charge in [-0.3, -0.25) is 9.69 Å². The molecule has 0 N–H and O–H groups in total. The van der Waals surface area contributed by atoms with Gasteiger partial charge in [0.2, 0.25) is 5.91 Å². The van der Waals surface area contributed by atoms with Crippen LogP contribution in [0.2, 0.25) is 5.02 Å². The second kappa shape index (κ2) is 8.04. The standard InChI is InChI=1S/C19H27ClN2O3/c1-21(2)18(23)12-24-8-6-16-7-9-25-19(16)13-22(14-19)11-15-4-3-5-17(20)10-15/h3-5,10,16H,6-9,11-14H2,1-2H3. The van der Waals surface area contributed by atoms with Crippen LogP contribution in [0.5, 0.6) is 0 Å². The predicted octanol–water partition coefficient (Wildman–Crippen LogP) is 2.43. The average Bonchev–Trinajstić information content (AvgIpc) is 2.94. The monoisotopic (exact) mass is 366 g/mol. The zero-order valence-electron chi connectivity index (χ0n) is 15.0. The molecule has 2 aliphatic heterocycles. The smallest absolute Gasteiger partial charge is 0.248 e. The van der Waals surface area contributed by atoms with Crippen LogP contribution in [0.3, 0.4) is 0 Å². The lowest BCUT2D eigenvalue weighted by molar-refractivity contribution is -0.141. The molecule has 0 aliphatic carbocycles. The summed E-state index contributed by atoms with van der Waals surface area (Å²) in [5.74, 6) is 0.520. The fourth-order valence-electron chi connectivity index (χ4n) is 3.77. The van der Waals surface area contributed by atoms with E-state index in [4.69, 9.17) is 21.1 Å². The summed E-state index contributed by atoms with van der Waals surface area (Å²) < 4.78 is 11.6. The molecule has 1 aromatic carbocycles. The number of benzene rings is 1. The molecule has 2 fully saturated rings. The Balaban J connectivity index is 1.42. The number of likely N-dealkylation sites (N-methyl/N-ethyl adjacent to an activating group) is 1. The highest BCUT2D eigenvalue weighted by Gasteiger charge is 2.52. The molecule has 5 nitrogen and oxygen atoms in total. The molecule has 2 aliphatic rings. The summed E-state index contributed by atoms with van der Waals surface area (Å²) >= 11 is 6.06. The highest BCUT2D eigenvalue weighted by molar-refractivity contribution is 6.30. The number of amides is 1. The van der Waals surface area contributed by atoms with Crippen LogP contribution in [0.4, 0.5) is 0 Å². The van der Waals surface area contributed by atoms with Gasteiger partial charge < -0.3 is 14.4 Å². The number of carbonyl (C=O) groups is 1. The van der Waals surface area contributed by atoms with Gasteiger partial charge in [0.25, 0.3) is 0 Å². The van der Waals surface area contributed by atoms with E-state index in [1.165, 1.54) is 5.56 Å². The van der Waals surface area contributed by atoms with Gasteiger partial charge in [0, 0.05) is 52.0 Å². The Morgan fingerprint density at radius 2 is 2.24 bits per heavy atom. The molecule has 2 heterocycles. The first-order valence-corrected chi connectivity index (χ1v) is 9.25. The van der Waals surface area contributed by atoms with Crippen LogP contribution in [0.15, 0.2) is 24.3 Å². The van der Waals surface area contributed by atoms with E-state index in [-0.39, 0.29) is 18.1 Å². The first-order chi connectivity index (χ1) is 12.0. The molecule has 1 amide bonds. The molecule has 0 bridgehead atoms. The van der Waals surface area contributed by atoms with Gasteiger partial charge in [-0.2, -0.15) is 0 Å². The van der Waals surface area contributed by atoms with Crippen molar-refractivity contribution in [3.63, 3.8) is 0 Å². The number of halogens is 1. The molecule has 1 atom stereocenters. The first kappa shape index (κ1) is 18.6. The molecule has 6 heteroatoms. The molecule has 0 saturated carbocycles. The fraction of sp³-hybridized carbons (Fsp3) is 0.632. The zero-order chi connectivity index (χ0) is 17.9. The first-order valence-electron chi connectivity index (χ1n) is 8.87. The molecule has 1 aromatic rings. The van der Waals surface area contributed by atoms with E-state index < -0.39 is 0 Å². The second-order valence-electron chi connectivity index (χ2n) is 7.30. The van der Waals surface area contributed by atoms with Crippen LogP contribution in [0, 0.1) is 5.92 Å². The normalized spacial score (nSPS) is 22.1. The van der Waals surface area contributed by atoms with E-state index >= 15 is 0 Å². The van der Waals surface area contributed by atoms with E-state index in [1.807, 2.05) is 18.2 Å². The maximum atomic E-state index is 11.5. The third-order valence-corrected chi connectivity index (χ3v) is 5.45. The Morgan fingerprint density at radius 3 is 2.96 bits per heavy atom. The van der Waals surface area contributed by atoms with E-state index in [9.17, 15) is 4.79 Å². The van der Waals surface area contributed by atoms with E-state index in [0.29, 0.717) is 12.5 Å².